The zero-order chi connectivity index (χ0) is 22.6. The number of amides is 1. The molecule has 1 aliphatic rings. The van der Waals surface area contributed by atoms with E-state index in [1.54, 1.807) is 6.07 Å². The highest BCUT2D eigenvalue weighted by Crippen LogP contribution is 2.35. The lowest BCUT2D eigenvalue weighted by Gasteiger charge is -2.35. The summed E-state index contributed by atoms with van der Waals surface area (Å²) in [6.07, 6.45) is -3.86. The highest BCUT2D eigenvalue weighted by atomic mass is 79.9. The van der Waals surface area contributed by atoms with Gasteiger partial charge in [0.15, 0.2) is 0 Å². The lowest BCUT2D eigenvalue weighted by molar-refractivity contribution is -0.138. The number of anilines is 2. The Hall–Kier alpha value is -1.98. The van der Waals surface area contributed by atoms with Crippen molar-refractivity contribution in [3.8, 4) is 5.88 Å². The summed E-state index contributed by atoms with van der Waals surface area (Å²) in [5, 5.41) is 2.63. The van der Waals surface area contributed by atoms with Crippen molar-refractivity contribution in [2.24, 2.45) is 0 Å². The maximum Gasteiger partial charge on any atom is 0.417 e. The van der Waals surface area contributed by atoms with Crippen molar-refractivity contribution in [2.75, 3.05) is 55.8 Å². The second kappa shape index (κ2) is 10.1. The van der Waals surface area contributed by atoms with Gasteiger partial charge in [-0.2, -0.15) is 25.8 Å². The van der Waals surface area contributed by atoms with E-state index in [-0.39, 0.29) is 12.5 Å². The lowest BCUT2D eigenvalue weighted by atomic mass is 10.1. The van der Waals surface area contributed by atoms with Gasteiger partial charge in [0, 0.05) is 48.7 Å². The third-order valence-electron chi connectivity index (χ3n) is 4.82. The van der Waals surface area contributed by atoms with Gasteiger partial charge in [-0.3, -0.25) is 4.79 Å². The van der Waals surface area contributed by atoms with E-state index in [4.69, 9.17) is 4.74 Å². The van der Waals surface area contributed by atoms with E-state index >= 15 is 0 Å². The Bertz CT molecular complexity index is 937. The number of nitrogens with one attached hydrogen (secondary N) is 1. The molecule has 1 aliphatic heterocycles. The van der Waals surface area contributed by atoms with Crippen molar-refractivity contribution in [1.29, 1.82) is 0 Å². The largest absolute Gasteiger partial charge is 0.477 e. The number of benzene rings is 1. The van der Waals surface area contributed by atoms with E-state index in [1.807, 2.05) is 19.2 Å². The first-order valence-corrected chi connectivity index (χ1v) is 11.0. The first-order valence-electron chi connectivity index (χ1n) is 9.54. The molecule has 2 heterocycles. The summed E-state index contributed by atoms with van der Waals surface area (Å²) in [6.45, 7) is 3.28. The van der Waals surface area contributed by atoms with E-state index in [9.17, 15) is 18.0 Å². The monoisotopic (exact) mass is 518 g/mol. The highest BCUT2D eigenvalue weighted by Gasteiger charge is 2.36. The first-order chi connectivity index (χ1) is 14.7. The predicted octanol–water partition coefficient (Wildman–Crippen LogP) is 4.18. The Morgan fingerprint density at radius 3 is 2.61 bits per heavy atom. The molecule has 31 heavy (non-hydrogen) atoms. The molecule has 1 aromatic carbocycles. The van der Waals surface area contributed by atoms with Gasteiger partial charge in [-0.15, -0.1) is 0 Å². The normalized spacial score (nSPS) is 15.1. The summed E-state index contributed by atoms with van der Waals surface area (Å²) >= 11 is 7.32. The van der Waals surface area contributed by atoms with Gasteiger partial charge in [-0.25, -0.2) is 4.98 Å². The zero-order valence-electron chi connectivity index (χ0n) is 16.7. The van der Waals surface area contributed by atoms with Gasteiger partial charge in [0.25, 0.3) is 5.91 Å². The molecule has 0 saturated carbocycles. The minimum absolute atomic E-state index is 0.103. The Labute approximate surface area is 192 Å². The molecule has 1 fully saturated rings. The average molecular weight is 519 g/mol. The van der Waals surface area contributed by atoms with Crippen LogP contribution in [0, 0.1) is 0 Å². The number of halogens is 4. The minimum atomic E-state index is -4.74. The first kappa shape index (κ1) is 23.7. The van der Waals surface area contributed by atoms with Crippen LogP contribution in [0.4, 0.5) is 24.5 Å². The van der Waals surface area contributed by atoms with Crippen LogP contribution in [0.2, 0.25) is 0 Å². The Morgan fingerprint density at radius 2 is 1.97 bits per heavy atom. The third kappa shape index (κ3) is 6.05. The number of ether oxygens (including phenoxy) is 1. The number of piperazine rings is 1. The quantitative estimate of drug-likeness (QED) is 0.562. The molecule has 0 unspecified atom stereocenters. The molecular formula is C20H22BrF3N4O2S. The van der Waals surface area contributed by atoms with Crippen molar-refractivity contribution in [3.05, 3.63) is 46.1 Å². The molecule has 1 N–H and O–H groups in total. The standard InChI is InChI=1S/C20H22BrF3N4O2S/c1-27-4-6-28(7-5-27)17-3-2-13(21)10-16(17)26-19(29)14-12-25-18(30-8-9-31)11-15(14)20(22,23)24/h2-3,10-12,31H,4-9H2,1H3,(H,26,29). The summed E-state index contributed by atoms with van der Waals surface area (Å²) in [4.78, 5) is 21.0. The Morgan fingerprint density at radius 1 is 1.26 bits per heavy atom. The number of carbonyl (C=O) groups excluding carboxylic acids is 1. The van der Waals surface area contributed by atoms with Crippen molar-refractivity contribution in [3.63, 3.8) is 0 Å². The summed E-state index contributed by atoms with van der Waals surface area (Å²) < 4.78 is 46.7. The fourth-order valence-electron chi connectivity index (χ4n) is 3.20. The van der Waals surface area contributed by atoms with Crippen LogP contribution in [0.5, 0.6) is 5.88 Å². The van der Waals surface area contributed by atoms with Gasteiger partial charge in [0.2, 0.25) is 5.88 Å². The topological polar surface area (TPSA) is 57.7 Å². The van der Waals surface area contributed by atoms with Crippen molar-refractivity contribution in [1.82, 2.24) is 9.88 Å². The number of alkyl halides is 3. The predicted molar refractivity (Wildman–Crippen MR) is 120 cm³/mol. The molecular weight excluding hydrogens is 497 g/mol. The van der Waals surface area contributed by atoms with Crippen LogP contribution in [-0.4, -0.2) is 61.4 Å². The molecule has 0 spiro atoms. The van der Waals surface area contributed by atoms with E-state index in [0.29, 0.717) is 15.9 Å². The summed E-state index contributed by atoms with van der Waals surface area (Å²) in [5.41, 5.74) is -0.507. The molecule has 1 amide bonds. The molecule has 3 rings (SSSR count). The van der Waals surface area contributed by atoms with Crippen LogP contribution < -0.4 is 15.0 Å². The molecule has 1 aromatic heterocycles. The van der Waals surface area contributed by atoms with Crippen LogP contribution in [-0.2, 0) is 6.18 Å². The molecule has 0 atom stereocenters. The van der Waals surface area contributed by atoms with Crippen LogP contribution in [0.15, 0.2) is 34.9 Å². The van der Waals surface area contributed by atoms with Gasteiger partial charge >= 0.3 is 6.18 Å². The van der Waals surface area contributed by atoms with Crippen LogP contribution in [0.25, 0.3) is 0 Å². The van der Waals surface area contributed by atoms with Gasteiger partial charge < -0.3 is 19.9 Å². The number of rotatable bonds is 6. The molecule has 2 aromatic rings. The Kier molecular flexibility index (Phi) is 7.71. The van der Waals surface area contributed by atoms with Crippen molar-refractivity contribution < 1.29 is 22.7 Å². The molecule has 0 bridgehead atoms. The minimum Gasteiger partial charge on any atom is -0.477 e. The molecule has 0 radical (unpaired) electrons. The van der Waals surface area contributed by atoms with E-state index < -0.39 is 23.2 Å². The maximum absolute atomic E-state index is 13.6. The van der Waals surface area contributed by atoms with Gasteiger partial charge in [-0.05, 0) is 25.2 Å². The van der Waals surface area contributed by atoms with Gasteiger partial charge in [0.05, 0.1) is 29.1 Å². The van der Waals surface area contributed by atoms with Crippen LogP contribution in [0.1, 0.15) is 15.9 Å². The summed E-state index contributed by atoms with van der Waals surface area (Å²) in [6, 6.07) is 6.08. The molecule has 11 heteroatoms. The molecule has 1 saturated heterocycles. The van der Waals surface area contributed by atoms with Gasteiger partial charge in [-0.1, -0.05) is 15.9 Å². The van der Waals surface area contributed by atoms with E-state index in [2.05, 4.69) is 48.7 Å². The number of nitrogens with zero attached hydrogens (tertiary/aromatic N) is 3. The third-order valence-corrected chi connectivity index (χ3v) is 5.50. The summed E-state index contributed by atoms with van der Waals surface area (Å²) in [5.74, 6) is -0.781. The molecule has 0 aliphatic carbocycles. The number of thiol groups is 1. The van der Waals surface area contributed by atoms with Crippen molar-refractivity contribution in [2.45, 2.75) is 6.18 Å². The van der Waals surface area contributed by atoms with Crippen LogP contribution >= 0.6 is 28.6 Å². The number of aromatic nitrogens is 1. The number of hydrogen-bond acceptors (Lipinski definition) is 6. The van der Waals surface area contributed by atoms with Gasteiger partial charge in [0.1, 0.15) is 0 Å². The van der Waals surface area contributed by atoms with E-state index in [1.165, 1.54) is 0 Å². The number of likely N-dealkylation sites (N-methyl/N-ethyl adjacent to an activating group) is 1. The highest BCUT2D eigenvalue weighted by molar-refractivity contribution is 9.10. The van der Waals surface area contributed by atoms with Crippen molar-refractivity contribution >= 4 is 45.8 Å². The maximum atomic E-state index is 13.6. The smallest absolute Gasteiger partial charge is 0.417 e. The number of hydrogen-bond donors (Lipinski definition) is 2. The zero-order valence-corrected chi connectivity index (χ0v) is 19.2. The fourth-order valence-corrected chi connectivity index (χ4v) is 3.65. The van der Waals surface area contributed by atoms with Crippen LogP contribution in [0.3, 0.4) is 0 Å². The second-order valence-corrected chi connectivity index (χ2v) is 8.41. The SMILES string of the molecule is CN1CCN(c2ccc(Br)cc2NC(=O)c2cnc(OCCS)cc2C(F)(F)F)CC1. The Balaban J connectivity index is 1.90. The molecule has 6 nitrogen and oxygen atoms in total. The fraction of sp³-hybridized carbons (Fsp3) is 0.400. The number of pyridine rings is 1. The van der Waals surface area contributed by atoms with E-state index in [0.717, 1.165) is 44.1 Å². The lowest BCUT2D eigenvalue weighted by Crippen LogP contribution is -2.44. The average Bonchev–Trinajstić information content (AvgIpc) is 2.72. The molecule has 168 valence electrons. The summed E-state index contributed by atoms with van der Waals surface area (Å²) in [7, 11) is 2.02. The second-order valence-electron chi connectivity index (χ2n) is 7.04. The number of carbonyl (C=O) groups is 1.